The maximum Gasteiger partial charge on any atom is 0.272 e. The SMILES string of the molecule is O=c1[nH]c2c(F)cc(CO)cc2n2cccc12. The van der Waals surface area contributed by atoms with Crippen LogP contribution in [0.5, 0.6) is 0 Å². The van der Waals surface area contributed by atoms with Gasteiger partial charge in [-0.2, -0.15) is 0 Å². The first-order valence-corrected chi connectivity index (χ1v) is 5.13. The van der Waals surface area contributed by atoms with Crippen LogP contribution in [0, 0.1) is 5.82 Å². The quantitative estimate of drug-likeness (QED) is 0.666. The van der Waals surface area contributed by atoms with Gasteiger partial charge >= 0.3 is 0 Å². The van der Waals surface area contributed by atoms with Crippen molar-refractivity contribution in [2.24, 2.45) is 0 Å². The summed E-state index contributed by atoms with van der Waals surface area (Å²) >= 11 is 0. The third kappa shape index (κ3) is 1.36. The molecule has 0 saturated carbocycles. The van der Waals surface area contributed by atoms with Gasteiger partial charge in [0.2, 0.25) is 0 Å². The minimum Gasteiger partial charge on any atom is -0.392 e. The second-order valence-corrected chi connectivity index (χ2v) is 3.85. The summed E-state index contributed by atoms with van der Waals surface area (Å²) in [5.74, 6) is -0.542. The Labute approximate surface area is 94.9 Å². The molecular formula is C12H9FN2O2. The number of hydrogen-bond acceptors (Lipinski definition) is 2. The van der Waals surface area contributed by atoms with E-state index in [1.54, 1.807) is 28.8 Å². The van der Waals surface area contributed by atoms with E-state index in [2.05, 4.69) is 4.98 Å². The van der Waals surface area contributed by atoms with E-state index < -0.39 is 5.82 Å². The number of nitrogens with zero attached hydrogens (tertiary/aromatic N) is 1. The van der Waals surface area contributed by atoms with Gasteiger partial charge in [-0.15, -0.1) is 0 Å². The van der Waals surface area contributed by atoms with E-state index in [-0.39, 0.29) is 17.7 Å². The molecule has 0 unspecified atom stereocenters. The molecule has 0 aliphatic carbocycles. The molecule has 0 radical (unpaired) electrons. The van der Waals surface area contributed by atoms with Crippen molar-refractivity contribution in [2.45, 2.75) is 6.61 Å². The Kier molecular flexibility index (Phi) is 2.02. The van der Waals surface area contributed by atoms with Crippen LogP contribution in [0.4, 0.5) is 4.39 Å². The summed E-state index contributed by atoms with van der Waals surface area (Å²) in [5, 5.41) is 9.05. The molecule has 1 aromatic carbocycles. The van der Waals surface area contributed by atoms with E-state index in [0.29, 0.717) is 16.6 Å². The molecule has 0 fully saturated rings. The second-order valence-electron chi connectivity index (χ2n) is 3.85. The molecular weight excluding hydrogens is 223 g/mol. The average molecular weight is 232 g/mol. The van der Waals surface area contributed by atoms with Crippen molar-refractivity contribution in [3.05, 3.63) is 52.2 Å². The normalized spacial score (nSPS) is 11.4. The van der Waals surface area contributed by atoms with Crippen molar-refractivity contribution in [3.63, 3.8) is 0 Å². The van der Waals surface area contributed by atoms with E-state index in [4.69, 9.17) is 5.11 Å². The van der Waals surface area contributed by atoms with E-state index in [1.807, 2.05) is 0 Å². The summed E-state index contributed by atoms with van der Waals surface area (Å²) in [7, 11) is 0. The molecule has 2 N–H and O–H groups in total. The van der Waals surface area contributed by atoms with Crippen molar-refractivity contribution in [2.75, 3.05) is 0 Å². The fourth-order valence-corrected chi connectivity index (χ4v) is 2.01. The van der Waals surface area contributed by atoms with Crippen molar-refractivity contribution in [3.8, 4) is 0 Å². The smallest absolute Gasteiger partial charge is 0.272 e. The van der Waals surface area contributed by atoms with Crippen LogP contribution in [0.15, 0.2) is 35.3 Å². The van der Waals surface area contributed by atoms with Crippen LogP contribution in [0.25, 0.3) is 16.6 Å². The number of benzene rings is 1. The maximum absolute atomic E-state index is 13.8. The van der Waals surface area contributed by atoms with Crippen LogP contribution in [-0.2, 0) is 6.61 Å². The Morgan fingerprint density at radius 2 is 2.18 bits per heavy atom. The van der Waals surface area contributed by atoms with Gasteiger partial charge in [0.25, 0.3) is 5.56 Å². The number of fused-ring (bicyclic) bond motifs is 3. The standard InChI is InChI=1S/C12H9FN2O2/c13-8-4-7(6-16)5-10-11(8)14-12(17)9-2-1-3-15(9)10/h1-5,16H,6H2,(H,14,17). The minimum atomic E-state index is -0.542. The minimum absolute atomic E-state index is 0.149. The molecule has 17 heavy (non-hydrogen) atoms. The molecule has 2 heterocycles. The lowest BCUT2D eigenvalue weighted by Gasteiger charge is -2.06. The highest BCUT2D eigenvalue weighted by Gasteiger charge is 2.09. The molecule has 0 bridgehead atoms. The van der Waals surface area contributed by atoms with Gasteiger partial charge in [-0.25, -0.2) is 4.39 Å². The number of halogens is 1. The van der Waals surface area contributed by atoms with E-state index in [0.717, 1.165) is 0 Å². The van der Waals surface area contributed by atoms with Crippen LogP contribution in [-0.4, -0.2) is 14.5 Å². The predicted octanol–water partition coefficient (Wildman–Crippen LogP) is 1.41. The maximum atomic E-state index is 13.8. The molecule has 3 rings (SSSR count). The molecule has 4 nitrogen and oxygen atoms in total. The highest BCUT2D eigenvalue weighted by Crippen LogP contribution is 2.18. The van der Waals surface area contributed by atoms with Gasteiger partial charge < -0.3 is 14.5 Å². The number of aromatic nitrogens is 2. The molecule has 0 atom stereocenters. The highest BCUT2D eigenvalue weighted by molar-refractivity contribution is 5.79. The predicted molar refractivity (Wildman–Crippen MR) is 61.4 cm³/mol. The number of rotatable bonds is 1. The van der Waals surface area contributed by atoms with E-state index in [1.165, 1.54) is 6.07 Å². The first kappa shape index (κ1) is 10.0. The van der Waals surface area contributed by atoms with Crippen molar-refractivity contribution in [1.29, 1.82) is 0 Å². The largest absolute Gasteiger partial charge is 0.392 e. The average Bonchev–Trinajstić information content (AvgIpc) is 2.80. The van der Waals surface area contributed by atoms with E-state index in [9.17, 15) is 9.18 Å². The van der Waals surface area contributed by atoms with Gasteiger partial charge in [-0.1, -0.05) is 0 Å². The zero-order valence-corrected chi connectivity index (χ0v) is 8.77. The van der Waals surface area contributed by atoms with Gasteiger partial charge in [0, 0.05) is 6.20 Å². The van der Waals surface area contributed by atoms with Crippen LogP contribution in [0.3, 0.4) is 0 Å². The highest BCUT2D eigenvalue weighted by atomic mass is 19.1. The van der Waals surface area contributed by atoms with Gasteiger partial charge in [-0.05, 0) is 29.8 Å². The summed E-state index contributed by atoms with van der Waals surface area (Å²) < 4.78 is 15.4. The summed E-state index contributed by atoms with van der Waals surface area (Å²) in [6.45, 7) is -0.241. The van der Waals surface area contributed by atoms with E-state index >= 15 is 0 Å². The zero-order valence-electron chi connectivity index (χ0n) is 8.77. The summed E-state index contributed by atoms with van der Waals surface area (Å²) in [6.07, 6.45) is 1.69. The Morgan fingerprint density at radius 3 is 2.94 bits per heavy atom. The van der Waals surface area contributed by atoms with Crippen LogP contribution in [0.2, 0.25) is 0 Å². The van der Waals surface area contributed by atoms with Crippen molar-refractivity contribution in [1.82, 2.24) is 9.38 Å². The van der Waals surface area contributed by atoms with Gasteiger partial charge in [-0.3, -0.25) is 4.79 Å². The molecule has 2 aromatic heterocycles. The zero-order chi connectivity index (χ0) is 12.0. The van der Waals surface area contributed by atoms with Crippen LogP contribution >= 0.6 is 0 Å². The molecule has 0 amide bonds. The lowest BCUT2D eigenvalue weighted by atomic mass is 10.2. The number of nitrogens with one attached hydrogen (secondary N) is 1. The Morgan fingerprint density at radius 1 is 1.35 bits per heavy atom. The molecule has 0 spiro atoms. The number of aromatic amines is 1. The number of aliphatic hydroxyl groups excluding tert-OH is 1. The fraction of sp³-hybridized carbons (Fsp3) is 0.0833. The second kappa shape index (κ2) is 3.43. The molecule has 0 saturated heterocycles. The third-order valence-corrected chi connectivity index (χ3v) is 2.79. The van der Waals surface area contributed by atoms with Gasteiger partial charge in [0.15, 0.2) is 0 Å². The number of aliphatic hydroxyl groups is 1. The first-order chi connectivity index (χ1) is 8.20. The third-order valence-electron chi connectivity index (χ3n) is 2.79. The Bertz CT molecular complexity index is 773. The molecule has 0 aliphatic rings. The van der Waals surface area contributed by atoms with Crippen LogP contribution in [0.1, 0.15) is 5.56 Å². The lowest BCUT2D eigenvalue weighted by Crippen LogP contribution is -2.10. The molecule has 0 aliphatic heterocycles. The molecule has 3 aromatic rings. The number of H-pyrrole nitrogens is 1. The fourth-order valence-electron chi connectivity index (χ4n) is 2.01. The summed E-state index contributed by atoms with van der Waals surface area (Å²) in [4.78, 5) is 14.2. The topological polar surface area (TPSA) is 57.5 Å². The Hall–Kier alpha value is -2.14. The lowest BCUT2D eigenvalue weighted by molar-refractivity contribution is 0.281. The molecule has 5 heteroatoms. The van der Waals surface area contributed by atoms with Gasteiger partial charge in [0.05, 0.1) is 12.1 Å². The monoisotopic (exact) mass is 232 g/mol. The van der Waals surface area contributed by atoms with Crippen LogP contribution < -0.4 is 5.56 Å². The summed E-state index contributed by atoms with van der Waals surface area (Å²) in [5.41, 5.74) is 1.27. The Balaban J connectivity index is 2.60. The molecule has 86 valence electrons. The number of hydrogen-bond donors (Lipinski definition) is 2. The summed E-state index contributed by atoms with van der Waals surface area (Å²) in [6, 6.07) is 6.24. The first-order valence-electron chi connectivity index (χ1n) is 5.13. The van der Waals surface area contributed by atoms with Crippen molar-refractivity contribution >= 4 is 16.6 Å². The van der Waals surface area contributed by atoms with Gasteiger partial charge in [0.1, 0.15) is 16.9 Å². The van der Waals surface area contributed by atoms with Crippen molar-refractivity contribution < 1.29 is 9.50 Å².